The molecule has 0 radical (unpaired) electrons. The molecule has 4 rings (SSSR count). The summed E-state index contributed by atoms with van der Waals surface area (Å²) < 4.78 is 13.1. The van der Waals surface area contributed by atoms with Gasteiger partial charge in [-0.05, 0) is 73.1 Å². The van der Waals surface area contributed by atoms with E-state index < -0.39 is 12.0 Å². The zero-order chi connectivity index (χ0) is 30.3. The lowest BCUT2D eigenvalue weighted by atomic mass is 9.78. The predicted octanol–water partition coefficient (Wildman–Crippen LogP) is 5.50. The number of carbonyl (C=O) groups is 1. The Morgan fingerprint density at radius 2 is 1.61 bits per heavy atom. The van der Waals surface area contributed by atoms with Crippen LogP contribution in [0.2, 0.25) is 0 Å². The lowest BCUT2D eigenvalue weighted by molar-refractivity contribution is -0.139. The molecule has 1 aliphatic rings. The summed E-state index contributed by atoms with van der Waals surface area (Å²) >= 11 is 1.28. The maximum absolute atomic E-state index is 14.1. The Kier molecular flexibility index (Phi) is 8.37. The molecule has 0 bridgehead atoms. The lowest BCUT2D eigenvalue weighted by Crippen LogP contribution is -2.39. The third-order valence-corrected chi connectivity index (χ3v) is 8.05. The van der Waals surface area contributed by atoms with Gasteiger partial charge in [-0.25, -0.2) is 9.79 Å². The Bertz CT molecular complexity index is 1640. The SMILES string of the molecule is CCOC(=O)C1=C(C)N=c2s/c(=C/c3cc(C(C)(C)C)c(O)c(C(C)(C)C)c3)c(=O)n2[C@H]1c1ccc(OCC)cc1. The van der Waals surface area contributed by atoms with Crippen molar-refractivity contribution in [2.75, 3.05) is 13.2 Å². The Morgan fingerprint density at radius 3 is 2.12 bits per heavy atom. The fraction of sp³-hybridized carbons (Fsp3) is 0.424. The summed E-state index contributed by atoms with van der Waals surface area (Å²) in [5.41, 5.74) is 3.21. The van der Waals surface area contributed by atoms with Gasteiger partial charge in [0.1, 0.15) is 11.5 Å². The number of phenolic OH excluding ortho intramolecular Hbond substituents is 1. The summed E-state index contributed by atoms with van der Waals surface area (Å²) in [4.78, 5) is 32.4. The first-order valence-corrected chi connectivity index (χ1v) is 14.8. The molecule has 7 nitrogen and oxygen atoms in total. The van der Waals surface area contributed by atoms with Gasteiger partial charge < -0.3 is 14.6 Å². The van der Waals surface area contributed by atoms with Crippen molar-refractivity contribution in [1.82, 2.24) is 4.57 Å². The topological polar surface area (TPSA) is 90.1 Å². The van der Waals surface area contributed by atoms with E-state index in [-0.39, 0.29) is 28.7 Å². The predicted molar refractivity (Wildman–Crippen MR) is 164 cm³/mol. The molecule has 0 unspecified atom stereocenters. The van der Waals surface area contributed by atoms with Crippen LogP contribution in [0.15, 0.2) is 57.5 Å². The molecule has 0 saturated carbocycles. The number of hydrogen-bond donors (Lipinski definition) is 1. The van der Waals surface area contributed by atoms with Crippen LogP contribution in [0.1, 0.15) is 90.6 Å². The van der Waals surface area contributed by atoms with E-state index in [1.807, 2.05) is 49.4 Å². The van der Waals surface area contributed by atoms with E-state index in [1.54, 1.807) is 18.4 Å². The number of ether oxygens (including phenoxy) is 2. The van der Waals surface area contributed by atoms with E-state index in [0.717, 1.165) is 22.3 Å². The number of aromatic hydroxyl groups is 1. The maximum Gasteiger partial charge on any atom is 0.338 e. The number of nitrogens with zero attached hydrogens (tertiary/aromatic N) is 2. The highest BCUT2D eigenvalue weighted by atomic mass is 32.1. The number of esters is 1. The standard InChI is InChI=1S/C33H40N2O5S/c1-10-39-22-14-12-21(13-15-22)27-26(30(38)40-11-2)19(3)34-31-35(27)29(37)25(41-31)18-20-16-23(32(4,5)6)28(36)24(17-20)33(7,8)9/h12-18,27,36H,10-11H2,1-9H3/b25-18+/t27-/m0/s1. The highest BCUT2D eigenvalue weighted by Gasteiger charge is 2.33. The minimum Gasteiger partial charge on any atom is -0.507 e. The van der Waals surface area contributed by atoms with Crippen LogP contribution < -0.4 is 19.6 Å². The van der Waals surface area contributed by atoms with E-state index >= 15 is 0 Å². The summed E-state index contributed by atoms with van der Waals surface area (Å²) in [5.74, 6) is 0.498. The molecule has 0 saturated heterocycles. The number of phenols is 1. The van der Waals surface area contributed by atoms with Gasteiger partial charge in [0.25, 0.3) is 5.56 Å². The summed E-state index contributed by atoms with van der Waals surface area (Å²) in [6.07, 6.45) is 1.85. The number of rotatable bonds is 6. The Morgan fingerprint density at radius 1 is 1.02 bits per heavy atom. The third-order valence-electron chi connectivity index (χ3n) is 7.07. The molecule has 218 valence electrons. The fourth-order valence-corrected chi connectivity index (χ4v) is 6.10. The Hall–Kier alpha value is -3.65. The number of fused-ring (bicyclic) bond motifs is 1. The molecule has 1 aliphatic heterocycles. The molecular formula is C33H40N2O5S. The average Bonchev–Trinajstić information content (AvgIpc) is 3.17. The molecule has 41 heavy (non-hydrogen) atoms. The summed E-state index contributed by atoms with van der Waals surface area (Å²) in [7, 11) is 0. The van der Waals surface area contributed by atoms with Crippen LogP contribution in [0.4, 0.5) is 0 Å². The molecule has 0 amide bonds. The molecule has 1 atom stereocenters. The molecule has 0 fully saturated rings. The minimum absolute atomic E-state index is 0.211. The van der Waals surface area contributed by atoms with Gasteiger partial charge in [-0.1, -0.05) is 65.0 Å². The van der Waals surface area contributed by atoms with Crippen molar-refractivity contribution in [1.29, 1.82) is 0 Å². The van der Waals surface area contributed by atoms with Crippen molar-refractivity contribution in [2.24, 2.45) is 4.99 Å². The third kappa shape index (κ3) is 6.03. The molecule has 2 heterocycles. The molecule has 3 aromatic rings. The maximum atomic E-state index is 14.1. The Labute approximate surface area is 245 Å². The van der Waals surface area contributed by atoms with Crippen LogP contribution in [-0.2, 0) is 20.4 Å². The molecule has 2 aromatic carbocycles. The summed E-state index contributed by atoms with van der Waals surface area (Å²) in [6.45, 7) is 18.5. The van der Waals surface area contributed by atoms with Gasteiger partial charge in [0, 0.05) is 11.1 Å². The molecule has 1 N–H and O–H groups in total. The first-order valence-electron chi connectivity index (χ1n) is 14.0. The second-order valence-corrected chi connectivity index (χ2v) is 13.3. The van der Waals surface area contributed by atoms with Crippen molar-refractivity contribution >= 4 is 23.4 Å². The minimum atomic E-state index is -0.696. The molecule has 1 aromatic heterocycles. The molecule has 8 heteroatoms. The number of benzene rings is 2. The van der Waals surface area contributed by atoms with Gasteiger partial charge in [-0.2, -0.15) is 0 Å². The van der Waals surface area contributed by atoms with E-state index in [9.17, 15) is 14.7 Å². The second-order valence-electron chi connectivity index (χ2n) is 12.3. The summed E-state index contributed by atoms with van der Waals surface area (Å²) in [6, 6.07) is 10.6. The van der Waals surface area contributed by atoms with Gasteiger partial charge in [0.2, 0.25) is 0 Å². The van der Waals surface area contributed by atoms with Crippen molar-refractivity contribution in [3.05, 3.63) is 89.6 Å². The molecule has 0 aliphatic carbocycles. The highest BCUT2D eigenvalue weighted by Crippen LogP contribution is 2.40. The highest BCUT2D eigenvalue weighted by molar-refractivity contribution is 7.07. The molecule has 0 spiro atoms. The first-order chi connectivity index (χ1) is 19.2. The Balaban J connectivity index is 1.97. The van der Waals surface area contributed by atoms with Gasteiger partial charge in [0.05, 0.1) is 35.1 Å². The number of aromatic nitrogens is 1. The number of allylic oxidation sites excluding steroid dienone is 1. The normalized spacial score (nSPS) is 15.9. The van der Waals surface area contributed by atoms with Crippen LogP contribution in [0.5, 0.6) is 11.5 Å². The van der Waals surface area contributed by atoms with Crippen molar-refractivity contribution in [2.45, 2.75) is 79.2 Å². The van der Waals surface area contributed by atoms with E-state index in [1.165, 1.54) is 11.3 Å². The van der Waals surface area contributed by atoms with Crippen LogP contribution in [0.25, 0.3) is 6.08 Å². The number of hydrogen-bond acceptors (Lipinski definition) is 7. The largest absolute Gasteiger partial charge is 0.507 e. The van der Waals surface area contributed by atoms with Gasteiger partial charge >= 0.3 is 5.97 Å². The van der Waals surface area contributed by atoms with E-state index in [2.05, 4.69) is 46.5 Å². The van der Waals surface area contributed by atoms with Crippen molar-refractivity contribution in [3.63, 3.8) is 0 Å². The summed E-state index contributed by atoms with van der Waals surface area (Å²) in [5, 5.41) is 11.2. The average molecular weight is 577 g/mol. The van der Waals surface area contributed by atoms with Crippen LogP contribution in [0, 0.1) is 0 Å². The zero-order valence-electron chi connectivity index (χ0n) is 25.4. The first kappa shape index (κ1) is 30.3. The smallest absolute Gasteiger partial charge is 0.338 e. The monoisotopic (exact) mass is 576 g/mol. The van der Waals surface area contributed by atoms with E-state index in [4.69, 9.17) is 9.47 Å². The molecular weight excluding hydrogens is 536 g/mol. The lowest BCUT2D eigenvalue weighted by Gasteiger charge is -2.27. The van der Waals surface area contributed by atoms with Crippen molar-refractivity contribution in [3.8, 4) is 11.5 Å². The van der Waals surface area contributed by atoms with Gasteiger partial charge in [0.15, 0.2) is 4.80 Å². The number of thiazole rings is 1. The van der Waals surface area contributed by atoms with Gasteiger partial charge in [-0.15, -0.1) is 0 Å². The van der Waals surface area contributed by atoms with E-state index in [0.29, 0.717) is 33.0 Å². The number of carbonyl (C=O) groups excluding carboxylic acids is 1. The van der Waals surface area contributed by atoms with Crippen molar-refractivity contribution < 1.29 is 19.4 Å². The zero-order valence-corrected chi connectivity index (χ0v) is 26.2. The second kappa shape index (κ2) is 11.3. The quantitative estimate of drug-likeness (QED) is 0.392. The van der Waals surface area contributed by atoms with Crippen LogP contribution in [0.3, 0.4) is 0 Å². The van der Waals surface area contributed by atoms with Crippen LogP contribution >= 0.6 is 11.3 Å². The fourth-order valence-electron chi connectivity index (χ4n) is 5.05. The van der Waals surface area contributed by atoms with Gasteiger partial charge in [-0.3, -0.25) is 9.36 Å². The van der Waals surface area contributed by atoms with Crippen LogP contribution in [-0.4, -0.2) is 28.9 Å².